The summed E-state index contributed by atoms with van der Waals surface area (Å²) in [5.74, 6) is 0.579. The van der Waals surface area contributed by atoms with Crippen LogP contribution >= 0.6 is 0 Å². The predicted octanol–water partition coefficient (Wildman–Crippen LogP) is 2.74. The van der Waals surface area contributed by atoms with Crippen LogP contribution in [0.3, 0.4) is 0 Å². The summed E-state index contributed by atoms with van der Waals surface area (Å²) in [6.07, 6.45) is 2.98. The van der Waals surface area contributed by atoms with Gasteiger partial charge in [-0.25, -0.2) is 12.7 Å². The molecule has 0 spiro atoms. The van der Waals surface area contributed by atoms with E-state index in [2.05, 4.69) is 0 Å². The van der Waals surface area contributed by atoms with Gasteiger partial charge in [0.2, 0.25) is 10.0 Å². The summed E-state index contributed by atoms with van der Waals surface area (Å²) in [5.41, 5.74) is 1.77. The van der Waals surface area contributed by atoms with Gasteiger partial charge in [-0.3, -0.25) is 0 Å². The van der Waals surface area contributed by atoms with E-state index in [-0.39, 0.29) is 0 Å². The first kappa shape index (κ1) is 16.5. The molecule has 1 saturated heterocycles. The lowest BCUT2D eigenvalue weighted by Gasteiger charge is -2.25. The van der Waals surface area contributed by atoms with Crippen molar-refractivity contribution in [2.75, 3.05) is 26.8 Å². The molecule has 0 saturated carbocycles. The summed E-state index contributed by atoms with van der Waals surface area (Å²) in [6, 6.07) is 5.57. The second kappa shape index (κ2) is 6.90. The van der Waals surface area contributed by atoms with Crippen molar-refractivity contribution >= 4 is 10.0 Å². The second-order valence-corrected chi connectivity index (χ2v) is 7.95. The van der Waals surface area contributed by atoms with Gasteiger partial charge in [0.15, 0.2) is 0 Å². The molecule has 21 heavy (non-hydrogen) atoms. The lowest BCUT2D eigenvalue weighted by molar-refractivity contribution is 0.0628. The lowest BCUT2D eigenvalue weighted by atomic mass is 9.97. The van der Waals surface area contributed by atoms with Crippen LogP contribution < -0.4 is 0 Å². The van der Waals surface area contributed by atoms with E-state index in [9.17, 15) is 8.42 Å². The molecule has 5 heteroatoms. The number of aryl methyl sites for hydroxylation is 2. The molecular weight excluding hydrogens is 286 g/mol. The monoisotopic (exact) mass is 311 g/mol. The zero-order valence-electron chi connectivity index (χ0n) is 13.1. The number of sulfonamides is 1. The van der Waals surface area contributed by atoms with E-state index >= 15 is 0 Å². The molecule has 0 aliphatic carbocycles. The Kier molecular flexibility index (Phi) is 5.41. The second-order valence-electron chi connectivity index (χ2n) is 5.94. The van der Waals surface area contributed by atoms with E-state index in [4.69, 9.17) is 4.74 Å². The van der Waals surface area contributed by atoms with Crippen LogP contribution in [0.25, 0.3) is 0 Å². The molecule has 0 radical (unpaired) electrons. The van der Waals surface area contributed by atoms with Crippen molar-refractivity contribution in [3.05, 3.63) is 29.3 Å². The van der Waals surface area contributed by atoms with Gasteiger partial charge in [0.25, 0.3) is 0 Å². The van der Waals surface area contributed by atoms with Crippen LogP contribution in [0.15, 0.2) is 23.1 Å². The number of benzene rings is 1. The molecule has 0 atom stereocenters. The Morgan fingerprint density at radius 2 is 1.90 bits per heavy atom. The largest absolute Gasteiger partial charge is 0.381 e. The Labute approximate surface area is 128 Å². The summed E-state index contributed by atoms with van der Waals surface area (Å²) in [6.45, 7) is 5.94. The van der Waals surface area contributed by atoms with E-state index in [0.29, 0.717) is 17.4 Å². The molecule has 1 aliphatic rings. The van der Waals surface area contributed by atoms with Gasteiger partial charge in [0.1, 0.15) is 0 Å². The molecule has 0 amide bonds. The minimum absolute atomic E-state index is 0.428. The van der Waals surface area contributed by atoms with Crippen LogP contribution in [0.5, 0.6) is 0 Å². The molecule has 1 aromatic carbocycles. The van der Waals surface area contributed by atoms with Gasteiger partial charge in [-0.1, -0.05) is 12.1 Å². The number of hydrogen-bond acceptors (Lipinski definition) is 3. The maximum atomic E-state index is 12.7. The molecule has 2 rings (SSSR count). The fraction of sp³-hybridized carbons (Fsp3) is 0.625. The molecule has 0 bridgehead atoms. The first-order valence-electron chi connectivity index (χ1n) is 7.52. The molecule has 4 nitrogen and oxygen atoms in total. The molecule has 0 unspecified atom stereocenters. The maximum Gasteiger partial charge on any atom is 0.243 e. The Balaban J connectivity index is 2.05. The summed E-state index contributed by atoms with van der Waals surface area (Å²) < 4.78 is 32.2. The first-order valence-corrected chi connectivity index (χ1v) is 8.96. The number of hydrogen-bond donors (Lipinski definition) is 0. The van der Waals surface area contributed by atoms with Crippen LogP contribution in [0, 0.1) is 19.8 Å². The van der Waals surface area contributed by atoms with Gasteiger partial charge in [0.05, 0.1) is 4.90 Å². The van der Waals surface area contributed by atoms with Crippen LogP contribution in [-0.2, 0) is 14.8 Å². The highest BCUT2D eigenvalue weighted by Gasteiger charge is 2.24. The quantitative estimate of drug-likeness (QED) is 0.840. The molecule has 1 aliphatic heterocycles. The van der Waals surface area contributed by atoms with Crippen molar-refractivity contribution in [1.82, 2.24) is 4.31 Å². The topological polar surface area (TPSA) is 46.6 Å². The van der Waals surface area contributed by atoms with Crippen molar-refractivity contribution in [2.24, 2.45) is 5.92 Å². The zero-order chi connectivity index (χ0) is 15.5. The maximum absolute atomic E-state index is 12.7. The first-order chi connectivity index (χ1) is 9.91. The zero-order valence-corrected chi connectivity index (χ0v) is 13.9. The standard InChI is InChI=1S/C16H25NO3S/c1-13-4-5-14(2)16(12-13)21(18,19)17(3)9-6-15-7-10-20-11-8-15/h4-5,12,15H,6-11H2,1-3H3. The third-order valence-corrected chi connectivity index (χ3v) is 6.22. The average Bonchev–Trinajstić information content (AvgIpc) is 2.48. The smallest absolute Gasteiger partial charge is 0.243 e. The number of nitrogens with zero attached hydrogens (tertiary/aromatic N) is 1. The van der Waals surface area contributed by atoms with Crippen LogP contribution in [0.4, 0.5) is 0 Å². The highest BCUT2D eigenvalue weighted by molar-refractivity contribution is 7.89. The van der Waals surface area contributed by atoms with Crippen LogP contribution in [0.2, 0.25) is 0 Å². The van der Waals surface area contributed by atoms with Gasteiger partial charge >= 0.3 is 0 Å². The molecule has 1 heterocycles. The van der Waals surface area contributed by atoms with Gasteiger partial charge in [0, 0.05) is 26.8 Å². The van der Waals surface area contributed by atoms with Crippen molar-refractivity contribution in [3.8, 4) is 0 Å². The van der Waals surface area contributed by atoms with E-state index in [1.54, 1.807) is 13.1 Å². The van der Waals surface area contributed by atoms with Gasteiger partial charge < -0.3 is 4.74 Å². The van der Waals surface area contributed by atoms with Gasteiger partial charge in [-0.2, -0.15) is 0 Å². The molecule has 0 N–H and O–H groups in total. The molecule has 118 valence electrons. The van der Waals surface area contributed by atoms with Gasteiger partial charge in [-0.15, -0.1) is 0 Å². The minimum atomic E-state index is -3.39. The third-order valence-electron chi connectivity index (χ3n) is 4.22. The Morgan fingerprint density at radius 1 is 1.24 bits per heavy atom. The number of rotatable bonds is 5. The van der Waals surface area contributed by atoms with E-state index in [1.165, 1.54) is 4.31 Å². The Hall–Kier alpha value is -0.910. The Morgan fingerprint density at radius 3 is 2.57 bits per heavy atom. The number of ether oxygens (including phenoxy) is 1. The van der Waals surface area contributed by atoms with Crippen molar-refractivity contribution in [1.29, 1.82) is 0 Å². The highest BCUT2D eigenvalue weighted by atomic mass is 32.2. The van der Waals surface area contributed by atoms with E-state index < -0.39 is 10.0 Å². The van der Waals surface area contributed by atoms with Crippen molar-refractivity contribution < 1.29 is 13.2 Å². The summed E-state index contributed by atoms with van der Waals surface area (Å²) in [5, 5.41) is 0. The summed E-state index contributed by atoms with van der Waals surface area (Å²) in [4.78, 5) is 0.428. The normalized spacial score (nSPS) is 17.3. The SMILES string of the molecule is Cc1ccc(C)c(S(=O)(=O)N(C)CCC2CCOCC2)c1. The van der Waals surface area contributed by atoms with E-state index in [1.807, 2.05) is 26.0 Å². The van der Waals surface area contributed by atoms with Gasteiger partial charge in [-0.05, 0) is 56.2 Å². The van der Waals surface area contributed by atoms with Crippen molar-refractivity contribution in [2.45, 2.75) is 38.0 Å². The fourth-order valence-corrected chi connectivity index (χ4v) is 4.16. The third kappa shape index (κ3) is 4.05. The van der Waals surface area contributed by atoms with Crippen LogP contribution in [-0.4, -0.2) is 39.5 Å². The highest BCUT2D eigenvalue weighted by Crippen LogP contribution is 2.23. The van der Waals surface area contributed by atoms with Crippen molar-refractivity contribution in [3.63, 3.8) is 0 Å². The average molecular weight is 311 g/mol. The summed E-state index contributed by atoms with van der Waals surface area (Å²) in [7, 11) is -1.71. The predicted molar refractivity (Wildman–Crippen MR) is 83.9 cm³/mol. The summed E-state index contributed by atoms with van der Waals surface area (Å²) >= 11 is 0. The molecule has 1 fully saturated rings. The minimum Gasteiger partial charge on any atom is -0.381 e. The van der Waals surface area contributed by atoms with Crippen LogP contribution in [0.1, 0.15) is 30.4 Å². The Bertz CT molecular complexity index is 577. The molecule has 0 aromatic heterocycles. The fourth-order valence-electron chi connectivity index (χ4n) is 2.67. The van der Waals surface area contributed by atoms with E-state index in [0.717, 1.165) is 43.6 Å². The molecule has 1 aromatic rings. The molecular formula is C16H25NO3S. The lowest BCUT2D eigenvalue weighted by Crippen LogP contribution is -2.30.